The third-order valence-electron chi connectivity index (χ3n) is 6.64. The van der Waals surface area contributed by atoms with Gasteiger partial charge in [-0.2, -0.15) is 0 Å². The van der Waals surface area contributed by atoms with Crippen LogP contribution in [0.1, 0.15) is 47.5 Å². The lowest BCUT2D eigenvalue weighted by Crippen LogP contribution is -2.50. The number of ether oxygens (including phenoxy) is 1. The van der Waals surface area contributed by atoms with Gasteiger partial charge < -0.3 is 14.5 Å². The van der Waals surface area contributed by atoms with Crippen LogP contribution in [0.5, 0.6) is 5.75 Å². The summed E-state index contributed by atoms with van der Waals surface area (Å²) in [5.74, 6) is 2.76. The maximum Gasteiger partial charge on any atom is 0.230 e. The minimum Gasteiger partial charge on any atom is -0.497 e. The van der Waals surface area contributed by atoms with Gasteiger partial charge >= 0.3 is 0 Å². The average molecular weight is 459 g/mol. The van der Waals surface area contributed by atoms with Gasteiger partial charge in [-0.15, -0.1) is 0 Å². The van der Waals surface area contributed by atoms with Gasteiger partial charge in [-0.25, -0.2) is 9.97 Å². The van der Waals surface area contributed by atoms with E-state index in [4.69, 9.17) is 9.72 Å². The SMILES string of the molecule is CC[C@H](C(=O)N1CCN(c2nc(C)nc(C)c2Cc2ccc(OC)cc2)CC1)c1ccccc1. The third-order valence-corrected chi connectivity index (χ3v) is 6.64. The van der Waals surface area contributed by atoms with E-state index in [1.807, 2.05) is 42.2 Å². The van der Waals surface area contributed by atoms with E-state index in [0.29, 0.717) is 13.1 Å². The fourth-order valence-electron chi connectivity index (χ4n) is 4.73. The van der Waals surface area contributed by atoms with E-state index in [0.717, 1.165) is 60.1 Å². The summed E-state index contributed by atoms with van der Waals surface area (Å²) < 4.78 is 5.30. The largest absolute Gasteiger partial charge is 0.497 e. The molecule has 6 nitrogen and oxygen atoms in total. The normalized spacial score (nSPS) is 14.7. The molecule has 1 fully saturated rings. The molecule has 1 aliphatic rings. The first-order valence-corrected chi connectivity index (χ1v) is 12.1. The molecule has 178 valence electrons. The minimum atomic E-state index is -0.0816. The summed E-state index contributed by atoms with van der Waals surface area (Å²) in [7, 11) is 1.68. The Hall–Kier alpha value is -3.41. The zero-order valence-electron chi connectivity index (χ0n) is 20.6. The zero-order chi connectivity index (χ0) is 24.1. The molecule has 0 unspecified atom stereocenters. The number of amides is 1. The van der Waals surface area contributed by atoms with Gasteiger partial charge in [0.05, 0.1) is 13.0 Å². The second-order valence-electron chi connectivity index (χ2n) is 8.87. The van der Waals surface area contributed by atoms with E-state index in [1.54, 1.807) is 7.11 Å². The topological polar surface area (TPSA) is 58.6 Å². The molecule has 0 radical (unpaired) electrons. The Morgan fingerprint density at radius 1 is 0.971 bits per heavy atom. The number of hydrogen-bond donors (Lipinski definition) is 0. The number of aromatic nitrogens is 2. The molecule has 1 saturated heterocycles. The lowest BCUT2D eigenvalue weighted by molar-refractivity contribution is -0.133. The number of benzene rings is 2. The maximum absolute atomic E-state index is 13.3. The fourth-order valence-corrected chi connectivity index (χ4v) is 4.73. The second kappa shape index (κ2) is 10.7. The van der Waals surface area contributed by atoms with Gasteiger partial charge in [-0.3, -0.25) is 4.79 Å². The molecule has 1 amide bonds. The fraction of sp³-hybridized carbons (Fsp3) is 0.393. The van der Waals surface area contributed by atoms with Crippen molar-refractivity contribution in [2.45, 2.75) is 39.5 Å². The summed E-state index contributed by atoms with van der Waals surface area (Å²) in [4.78, 5) is 27.1. The molecule has 1 atom stereocenters. The third kappa shape index (κ3) is 5.22. The quantitative estimate of drug-likeness (QED) is 0.520. The predicted octanol–water partition coefficient (Wildman–Crippen LogP) is 4.54. The highest BCUT2D eigenvalue weighted by Crippen LogP contribution is 2.27. The number of carbonyl (C=O) groups is 1. The van der Waals surface area contributed by atoms with Crippen molar-refractivity contribution in [3.63, 3.8) is 0 Å². The molecule has 0 spiro atoms. The molecule has 0 aliphatic carbocycles. The summed E-state index contributed by atoms with van der Waals surface area (Å²) in [5.41, 5.74) is 4.44. The zero-order valence-corrected chi connectivity index (χ0v) is 20.6. The van der Waals surface area contributed by atoms with Crippen LogP contribution >= 0.6 is 0 Å². The molecular weight excluding hydrogens is 424 g/mol. The van der Waals surface area contributed by atoms with E-state index in [-0.39, 0.29) is 11.8 Å². The smallest absolute Gasteiger partial charge is 0.230 e. The Bertz CT molecular complexity index is 1110. The standard InChI is InChI=1S/C28H34N4O2/c1-5-25(23-9-7-6-8-10-23)28(33)32-17-15-31(16-18-32)27-26(20(2)29-21(3)30-27)19-22-11-13-24(34-4)14-12-22/h6-14,25H,5,15-19H2,1-4H3/t25-/m0/s1. The molecule has 1 aliphatic heterocycles. The average Bonchev–Trinajstić information content (AvgIpc) is 2.87. The molecule has 0 bridgehead atoms. The summed E-state index contributed by atoms with van der Waals surface area (Å²) >= 11 is 0. The minimum absolute atomic E-state index is 0.0816. The summed E-state index contributed by atoms with van der Waals surface area (Å²) in [6.45, 7) is 9.02. The van der Waals surface area contributed by atoms with Crippen LogP contribution < -0.4 is 9.64 Å². The van der Waals surface area contributed by atoms with Gasteiger partial charge in [-0.05, 0) is 43.5 Å². The highest BCUT2D eigenvalue weighted by atomic mass is 16.5. The van der Waals surface area contributed by atoms with Crippen molar-refractivity contribution in [1.82, 2.24) is 14.9 Å². The molecule has 2 aromatic carbocycles. The Balaban J connectivity index is 1.50. The van der Waals surface area contributed by atoms with E-state index in [9.17, 15) is 4.79 Å². The summed E-state index contributed by atoms with van der Waals surface area (Å²) in [6, 6.07) is 18.3. The number of piperazine rings is 1. The number of aryl methyl sites for hydroxylation is 2. The van der Waals surface area contributed by atoms with Gasteiger partial charge in [0.25, 0.3) is 0 Å². The number of carbonyl (C=O) groups excluding carboxylic acids is 1. The lowest BCUT2D eigenvalue weighted by Gasteiger charge is -2.38. The molecule has 0 N–H and O–H groups in total. The molecule has 3 aromatic rings. The van der Waals surface area contributed by atoms with Crippen molar-refractivity contribution in [2.24, 2.45) is 0 Å². The van der Waals surface area contributed by atoms with Crippen molar-refractivity contribution in [3.05, 3.63) is 82.8 Å². The first-order chi connectivity index (χ1) is 16.5. The van der Waals surface area contributed by atoms with Gasteiger partial charge in [0.1, 0.15) is 17.4 Å². The molecule has 1 aromatic heterocycles. The van der Waals surface area contributed by atoms with Crippen molar-refractivity contribution in [1.29, 1.82) is 0 Å². The van der Waals surface area contributed by atoms with E-state index < -0.39 is 0 Å². The Kier molecular flexibility index (Phi) is 7.46. The highest BCUT2D eigenvalue weighted by Gasteiger charge is 2.29. The van der Waals surface area contributed by atoms with Crippen molar-refractivity contribution in [3.8, 4) is 5.75 Å². The Labute approximate surface area is 202 Å². The highest BCUT2D eigenvalue weighted by molar-refractivity contribution is 5.84. The molecule has 2 heterocycles. The number of anilines is 1. The second-order valence-corrected chi connectivity index (χ2v) is 8.87. The summed E-state index contributed by atoms with van der Waals surface area (Å²) in [6.07, 6.45) is 1.57. The molecule has 34 heavy (non-hydrogen) atoms. The van der Waals surface area contributed by atoms with Crippen LogP contribution in [0.15, 0.2) is 54.6 Å². The molecule has 6 heteroatoms. The van der Waals surface area contributed by atoms with Crippen LogP contribution in [0.2, 0.25) is 0 Å². The molecule has 4 rings (SSSR count). The van der Waals surface area contributed by atoms with Crippen LogP contribution in [-0.4, -0.2) is 54.1 Å². The maximum atomic E-state index is 13.3. The summed E-state index contributed by atoms with van der Waals surface area (Å²) in [5, 5.41) is 0. The number of rotatable bonds is 7. The first kappa shape index (κ1) is 23.7. The van der Waals surface area contributed by atoms with Crippen LogP contribution in [0, 0.1) is 13.8 Å². The van der Waals surface area contributed by atoms with Gasteiger partial charge in [-0.1, -0.05) is 49.4 Å². The van der Waals surface area contributed by atoms with Crippen molar-refractivity contribution < 1.29 is 9.53 Å². The van der Waals surface area contributed by atoms with E-state index >= 15 is 0 Å². The monoisotopic (exact) mass is 458 g/mol. The number of hydrogen-bond acceptors (Lipinski definition) is 5. The van der Waals surface area contributed by atoms with E-state index in [2.05, 4.69) is 48.0 Å². The van der Waals surface area contributed by atoms with Crippen molar-refractivity contribution in [2.75, 3.05) is 38.2 Å². The number of nitrogens with zero attached hydrogens (tertiary/aromatic N) is 4. The van der Waals surface area contributed by atoms with Crippen LogP contribution in [0.3, 0.4) is 0 Å². The lowest BCUT2D eigenvalue weighted by atomic mass is 9.94. The van der Waals surface area contributed by atoms with Gasteiger partial charge in [0.2, 0.25) is 5.91 Å². The van der Waals surface area contributed by atoms with Gasteiger partial charge in [0, 0.05) is 43.9 Å². The van der Waals surface area contributed by atoms with Crippen LogP contribution in [0.25, 0.3) is 0 Å². The Morgan fingerprint density at radius 2 is 1.65 bits per heavy atom. The van der Waals surface area contributed by atoms with Gasteiger partial charge in [0.15, 0.2) is 0 Å². The first-order valence-electron chi connectivity index (χ1n) is 12.1. The number of methoxy groups -OCH3 is 1. The van der Waals surface area contributed by atoms with Crippen LogP contribution in [-0.2, 0) is 11.2 Å². The predicted molar refractivity (Wildman–Crippen MR) is 136 cm³/mol. The molecular formula is C28H34N4O2. The van der Waals surface area contributed by atoms with Crippen molar-refractivity contribution >= 4 is 11.7 Å². The van der Waals surface area contributed by atoms with E-state index in [1.165, 1.54) is 5.56 Å². The Morgan fingerprint density at radius 3 is 2.26 bits per heavy atom. The van der Waals surface area contributed by atoms with Crippen LogP contribution in [0.4, 0.5) is 5.82 Å². The molecule has 0 saturated carbocycles.